The van der Waals surface area contributed by atoms with E-state index in [0.717, 1.165) is 5.56 Å². The number of rotatable bonds is 4. The zero-order valence-electron chi connectivity index (χ0n) is 12.6. The summed E-state index contributed by atoms with van der Waals surface area (Å²) in [6, 6.07) is 7.47. The smallest absolute Gasteiger partial charge is 0.276 e. The van der Waals surface area contributed by atoms with Gasteiger partial charge in [0.15, 0.2) is 5.69 Å². The second-order valence-corrected chi connectivity index (χ2v) is 5.75. The molecule has 1 amide bonds. The van der Waals surface area contributed by atoms with Crippen molar-refractivity contribution in [3.05, 3.63) is 46.7 Å². The molecule has 1 aliphatic heterocycles. The molecule has 0 spiro atoms. The molecular formula is C15H18ClN5O2. The quantitative estimate of drug-likeness (QED) is 0.904. The Hall–Kier alpha value is -1.96. The first-order valence-corrected chi connectivity index (χ1v) is 7.81. The molecule has 1 saturated heterocycles. The first-order chi connectivity index (χ1) is 11.2. The fourth-order valence-corrected chi connectivity index (χ4v) is 2.64. The van der Waals surface area contributed by atoms with Crippen molar-refractivity contribution in [1.29, 1.82) is 0 Å². The van der Waals surface area contributed by atoms with Crippen LogP contribution in [0.4, 0.5) is 0 Å². The van der Waals surface area contributed by atoms with Crippen LogP contribution in [-0.4, -0.2) is 52.0 Å². The maximum Gasteiger partial charge on any atom is 0.276 e. The number of morpholine rings is 1. The van der Waals surface area contributed by atoms with Crippen LogP contribution in [0.5, 0.6) is 0 Å². The third-order valence-electron chi connectivity index (χ3n) is 3.71. The van der Waals surface area contributed by atoms with Gasteiger partial charge in [0.05, 0.1) is 25.9 Å². The summed E-state index contributed by atoms with van der Waals surface area (Å²) in [5, 5.41) is 8.50. The Morgan fingerprint density at radius 2 is 2.17 bits per heavy atom. The van der Waals surface area contributed by atoms with Gasteiger partial charge in [0.2, 0.25) is 0 Å². The molecule has 1 aromatic heterocycles. The summed E-state index contributed by atoms with van der Waals surface area (Å²) in [7, 11) is 0. The van der Waals surface area contributed by atoms with E-state index in [2.05, 4.69) is 10.3 Å². The normalized spacial score (nSPS) is 18.2. The topological polar surface area (TPSA) is 86.3 Å². The van der Waals surface area contributed by atoms with Gasteiger partial charge in [-0.2, -0.15) is 0 Å². The molecule has 0 bridgehead atoms. The number of benzene rings is 1. The summed E-state index contributed by atoms with van der Waals surface area (Å²) in [5.41, 5.74) is 6.80. The molecule has 1 atom stereocenters. The highest BCUT2D eigenvalue weighted by Gasteiger charge is 2.27. The molecule has 0 aliphatic carbocycles. The van der Waals surface area contributed by atoms with E-state index in [1.807, 2.05) is 24.3 Å². The second kappa shape index (κ2) is 7.08. The van der Waals surface area contributed by atoms with Crippen LogP contribution in [0.1, 0.15) is 22.2 Å². The number of ether oxygens (including phenoxy) is 1. The van der Waals surface area contributed by atoms with Crippen molar-refractivity contribution >= 4 is 17.5 Å². The lowest BCUT2D eigenvalue weighted by Gasteiger charge is -2.32. The summed E-state index contributed by atoms with van der Waals surface area (Å²) in [5.74, 6) is -0.143. The van der Waals surface area contributed by atoms with Gasteiger partial charge >= 0.3 is 0 Å². The van der Waals surface area contributed by atoms with Crippen LogP contribution in [0.3, 0.4) is 0 Å². The molecule has 23 heavy (non-hydrogen) atoms. The lowest BCUT2D eigenvalue weighted by Crippen LogP contribution is -2.42. The average Bonchev–Trinajstić information content (AvgIpc) is 3.04. The average molecular weight is 336 g/mol. The number of aromatic nitrogens is 3. The molecule has 7 nitrogen and oxygen atoms in total. The van der Waals surface area contributed by atoms with Crippen LogP contribution < -0.4 is 5.73 Å². The van der Waals surface area contributed by atoms with E-state index in [-0.39, 0.29) is 12.0 Å². The molecule has 2 N–H and O–H groups in total. The molecule has 2 heterocycles. The summed E-state index contributed by atoms with van der Waals surface area (Å²) < 4.78 is 7.34. The monoisotopic (exact) mass is 335 g/mol. The van der Waals surface area contributed by atoms with Gasteiger partial charge in [0, 0.05) is 18.1 Å². The maximum atomic E-state index is 12.6. The summed E-state index contributed by atoms with van der Waals surface area (Å²) in [4.78, 5) is 14.3. The number of nitrogens with zero attached hydrogens (tertiary/aromatic N) is 4. The van der Waals surface area contributed by atoms with Crippen molar-refractivity contribution in [1.82, 2.24) is 19.9 Å². The second-order valence-electron chi connectivity index (χ2n) is 5.32. The van der Waals surface area contributed by atoms with Crippen LogP contribution in [0.15, 0.2) is 30.5 Å². The largest absolute Gasteiger partial charge is 0.370 e. The van der Waals surface area contributed by atoms with E-state index in [1.54, 1.807) is 15.8 Å². The lowest BCUT2D eigenvalue weighted by molar-refractivity contribution is -0.0230. The van der Waals surface area contributed by atoms with Crippen molar-refractivity contribution in [2.24, 2.45) is 5.73 Å². The molecule has 0 unspecified atom stereocenters. The summed E-state index contributed by atoms with van der Waals surface area (Å²) >= 11 is 5.91. The van der Waals surface area contributed by atoms with Gasteiger partial charge in [0.25, 0.3) is 5.91 Å². The van der Waals surface area contributed by atoms with Gasteiger partial charge in [0.1, 0.15) is 6.10 Å². The van der Waals surface area contributed by atoms with Gasteiger partial charge in [-0.15, -0.1) is 5.10 Å². The van der Waals surface area contributed by atoms with Gasteiger partial charge in [-0.25, -0.2) is 0 Å². The lowest BCUT2D eigenvalue weighted by atomic mass is 10.1. The SMILES string of the molecule is NCCn1cc(C(=O)N2CCO[C@@H](c3ccc(Cl)cc3)C2)nn1. The zero-order valence-corrected chi connectivity index (χ0v) is 13.3. The van der Waals surface area contributed by atoms with E-state index in [9.17, 15) is 4.79 Å². The van der Waals surface area contributed by atoms with E-state index in [0.29, 0.717) is 43.5 Å². The Labute approximate surface area is 139 Å². The highest BCUT2D eigenvalue weighted by molar-refractivity contribution is 6.30. The minimum absolute atomic E-state index is 0.143. The van der Waals surface area contributed by atoms with Gasteiger partial charge < -0.3 is 15.4 Å². The Morgan fingerprint density at radius 3 is 2.91 bits per heavy atom. The van der Waals surface area contributed by atoms with Gasteiger partial charge in [-0.1, -0.05) is 28.9 Å². The summed E-state index contributed by atoms with van der Waals surface area (Å²) in [6.45, 7) is 2.48. The number of carbonyl (C=O) groups excluding carboxylic acids is 1. The van der Waals surface area contributed by atoms with Crippen LogP contribution in [-0.2, 0) is 11.3 Å². The van der Waals surface area contributed by atoms with E-state index in [4.69, 9.17) is 22.1 Å². The summed E-state index contributed by atoms with van der Waals surface area (Å²) in [6.07, 6.45) is 1.46. The molecule has 8 heteroatoms. The van der Waals surface area contributed by atoms with Crippen molar-refractivity contribution in [3.63, 3.8) is 0 Å². The molecule has 1 fully saturated rings. The van der Waals surface area contributed by atoms with Crippen molar-refractivity contribution in [3.8, 4) is 0 Å². The van der Waals surface area contributed by atoms with Crippen LogP contribution in [0.25, 0.3) is 0 Å². The number of hydrogen-bond donors (Lipinski definition) is 1. The third kappa shape index (κ3) is 3.69. The highest BCUT2D eigenvalue weighted by atomic mass is 35.5. The molecule has 122 valence electrons. The number of carbonyl (C=O) groups is 1. The Bertz CT molecular complexity index is 673. The maximum absolute atomic E-state index is 12.6. The first kappa shape index (κ1) is 15.9. The molecular weight excluding hydrogens is 318 g/mol. The highest BCUT2D eigenvalue weighted by Crippen LogP contribution is 2.24. The van der Waals surface area contributed by atoms with E-state index < -0.39 is 0 Å². The van der Waals surface area contributed by atoms with Crippen molar-refractivity contribution in [2.75, 3.05) is 26.2 Å². The standard InChI is InChI=1S/C15H18ClN5O2/c16-12-3-1-11(2-4-12)14-10-20(7-8-23-14)15(22)13-9-21(6-5-17)19-18-13/h1-4,9,14H,5-8,10,17H2/t14-/m1/s1. The fourth-order valence-electron chi connectivity index (χ4n) is 2.51. The zero-order chi connectivity index (χ0) is 16.2. The molecule has 0 saturated carbocycles. The Balaban J connectivity index is 1.69. The molecule has 2 aromatic rings. The molecule has 0 radical (unpaired) electrons. The third-order valence-corrected chi connectivity index (χ3v) is 3.96. The fraction of sp³-hybridized carbons (Fsp3) is 0.400. The molecule has 1 aliphatic rings. The number of hydrogen-bond acceptors (Lipinski definition) is 5. The minimum Gasteiger partial charge on any atom is -0.370 e. The number of halogens is 1. The Morgan fingerprint density at radius 1 is 1.39 bits per heavy atom. The number of amides is 1. The van der Waals surface area contributed by atoms with Crippen LogP contribution in [0.2, 0.25) is 5.02 Å². The molecule has 1 aromatic carbocycles. The predicted molar refractivity (Wildman–Crippen MR) is 85.1 cm³/mol. The van der Waals surface area contributed by atoms with Gasteiger partial charge in [-0.05, 0) is 17.7 Å². The van der Waals surface area contributed by atoms with E-state index in [1.165, 1.54) is 0 Å². The van der Waals surface area contributed by atoms with E-state index >= 15 is 0 Å². The van der Waals surface area contributed by atoms with Crippen LogP contribution in [0, 0.1) is 0 Å². The van der Waals surface area contributed by atoms with Crippen molar-refractivity contribution in [2.45, 2.75) is 12.6 Å². The van der Waals surface area contributed by atoms with Crippen molar-refractivity contribution < 1.29 is 9.53 Å². The number of nitrogens with two attached hydrogens (primary N) is 1. The predicted octanol–water partition coefficient (Wildman–Crippen LogP) is 1.10. The Kier molecular flexibility index (Phi) is 4.90. The first-order valence-electron chi connectivity index (χ1n) is 7.44. The minimum atomic E-state index is -0.163. The van der Waals surface area contributed by atoms with Crippen LogP contribution >= 0.6 is 11.6 Å². The molecule has 3 rings (SSSR count). The van der Waals surface area contributed by atoms with Gasteiger partial charge in [-0.3, -0.25) is 9.48 Å².